The van der Waals surface area contributed by atoms with Gasteiger partial charge in [-0.2, -0.15) is 0 Å². The number of fused-ring (bicyclic) bond motifs is 1. The van der Waals surface area contributed by atoms with E-state index in [1.807, 2.05) is 13.8 Å². The molecule has 2 aliphatic rings. The van der Waals surface area contributed by atoms with E-state index in [0.29, 0.717) is 37.4 Å². The lowest BCUT2D eigenvalue weighted by atomic mass is 10.1. The van der Waals surface area contributed by atoms with Crippen LogP contribution in [0.3, 0.4) is 0 Å². The van der Waals surface area contributed by atoms with E-state index in [0.717, 1.165) is 11.8 Å². The highest BCUT2D eigenvalue weighted by atomic mass is 32.2. The SMILES string of the molecule is CC(C)Oc1ccc(S(C)(=O)=O)cc1C(=O)N1Cc2cc(F)c(OC3CCOCC3)cc2C1. The largest absolute Gasteiger partial charge is 0.490 e. The van der Waals surface area contributed by atoms with E-state index in [4.69, 9.17) is 14.2 Å². The maximum Gasteiger partial charge on any atom is 0.258 e. The second kappa shape index (κ2) is 9.30. The Hall–Kier alpha value is -2.65. The van der Waals surface area contributed by atoms with Crippen molar-refractivity contribution in [3.05, 3.63) is 52.8 Å². The van der Waals surface area contributed by atoms with Gasteiger partial charge in [-0.1, -0.05) is 0 Å². The Morgan fingerprint density at radius 2 is 1.76 bits per heavy atom. The summed E-state index contributed by atoms with van der Waals surface area (Å²) in [7, 11) is -3.51. The molecule has 7 nitrogen and oxygen atoms in total. The van der Waals surface area contributed by atoms with Crippen LogP contribution in [0.1, 0.15) is 48.2 Å². The zero-order valence-electron chi connectivity index (χ0n) is 19.0. The van der Waals surface area contributed by atoms with Crippen LogP contribution in [0.4, 0.5) is 4.39 Å². The normalized spacial score (nSPS) is 16.7. The van der Waals surface area contributed by atoms with Crippen molar-refractivity contribution in [1.82, 2.24) is 4.90 Å². The first-order valence-electron chi connectivity index (χ1n) is 11.0. The van der Waals surface area contributed by atoms with E-state index in [1.165, 1.54) is 24.3 Å². The van der Waals surface area contributed by atoms with Crippen molar-refractivity contribution in [2.24, 2.45) is 0 Å². The molecule has 1 saturated heterocycles. The number of rotatable bonds is 6. The Labute approximate surface area is 193 Å². The molecule has 178 valence electrons. The molecular formula is C24H28FNO6S. The zero-order chi connectivity index (χ0) is 23.8. The molecule has 0 spiro atoms. The molecule has 1 fully saturated rings. The van der Waals surface area contributed by atoms with Gasteiger partial charge >= 0.3 is 0 Å². The van der Waals surface area contributed by atoms with Crippen molar-refractivity contribution < 1.29 is 31.8 Å². The number of hydrogen-bond acceptors (Lipinski definition) is 6. The van der Waals surface area contributed by atoms with Crippen molar-refractivity contribution in [3.63, 3.8) is 0 Å². The van der Waals surface area contributed by atoms with E-state index in [1.54, 1.807) is 11.0 Å². The van der Waals surface area contributed by atoms with Crippen molar-refractivity contribution in [1.29, 1.82) is 0 Å². The second-order valence-corrected chi connectivity index (χ2v) is 10.8. The van der Waals surface area contributed by atoms with Crippen molar-refractivity contribution in [2.75, 3.05) is 19.5 Å². The number of nitrogens with zero attached hydrogens (tertiary/aromatic N) is 1. The van der Waals surface area contributed by atoms with Crippen LogP contribution in [0.25, 0.3) is 0 Å². The number of sulfone groups is 1. The lowest BCUT2D eigenvalue weighted by Crippen LogP contribution is -2.26. The summed E-state index contributed by atoms with van der Waals surface area (Å²) < 4.78 is 55.7. The molecule has 0 saturated carbocycles. The Kier molecular flexibility index (Phi) is 6.63. The monoisotopic (exact) mass is 477 g/mol. The molecule has 0 aromatic heterocycles. The molecule has 0 bridgehead atoms. The lowest BCUT2D eigenvalue weighted by molar-refractivity contribution is 0.0240. The number of hydrogen-bond donors (Lipinski definition) is 0. The fourth-order valence-corrected chi connectivity index (χ4v) is 4.69. The quantitative estimate of drug-likeness (QED) is 0.631. The molecule has 0 atom stereocenters. The minimum atomic E-state index is -3.51. The summed E-state index contributed by atoms with van der Waals surface area (Å²) in [5, 5.41) is 0. The summed E-state index contributed by atoms with van der Waals surface area (Å²) in [4.78, 5) is 15.0. The van der Waals surface area contributed by atoms with Gasteiger partial charge in [-0.05, 0) is 55.3 Å². The maximum absolute atomic E-state index is 14.7. The number of ether oxygens (including phenoxy) is 3. The number of benzene rings is 2. The molecule has 0 aliphatic carbocycles. The topological polar surface area (TPSA) is 82.1 Å². The summed E-state index contributed by atoms with van der Waals surface area (Å²) in [5.74, 6) is -0.344. The fraction of sp³-hybridized carbons (Fsp3) is 0.458. The van der Waals surface area contributed by atoms with Gasteiger partial charge < -0.3 is 19.1 Å². The van der Waals surface area contributed by atoms with Gasteiger partial charge in [-0.25, -0.2) is 12.8 Å². The second-order valence-electron chi connectivity index (χ2n) is 8.74. The van der Waals surface area contributed by atoms with Gasteiger partial charge in [0.05, 0.1) is 29.8 Å². The summed E-state index contributed by atoms with van der Waals surface area (Å²) >= 11 is 0. The molecule has 2 aromatic carbocycles. The minimum Gasteiger partial charge on any atom is -0.490 e. The van der Waals surface area contributed by atoms with Crippen LogP contribution < -0.4 is 9.47 Å². The molecule has 9 heteroatoms. The maximum atomic E-state index is 14.7. The summed E-state index contributed by atoms with van der Waals surface area (Å²) in [6, 6.07) is 7.35. The summed E-state index contributed by atoms with van der Waals surface area (Å²) in [6.45, 7) is 5.32. The van der Waals surface area contributed by atoms with Gasteiger partial charge in [-0.15, -0.1) is 0 Å². The van der Waals surface area contributed by atoms with Crippen LogP contribution in [-0.2, 0) is 27.7 Å². The standard InChI is InChI=1S/C24H28FNO6S/c1-15(2)31-22-5-4-19(33(3,28)29)12-20(22)24(27)26-13-16-10-21(25)23(11-17(16)14-26)32-18-6-8-30-9-7-18/h4-5,10-12,15,18H,6-9,13-14H2,1-3H3. The predicted octanol–water partition coefficient (Wildman–Crippen LogP) is 3.73. The van der Waals surface area contributed by atoms with Crippen LogP contribution in [0.2, 0.25) is 0 Å². The van der Waals surface area contributed by atoms with Gasteiger partial charge in [0, 0.05) is 32.2 Å². The number of carbonyl (C=O) groups is 1. The number of halogens is 1. The Balaban J connectivity index is 1.58. The van der Waals surface area contributed by atoms with Gasteiger partial charge in [0.1, 0.15) is 11.9 Å². The molecule has 2 aliphatic heterocycles. The van der Waals surface area contributed by atoms with E-state index in [-0.39, 0.29) is 47.4 Å². The highest BCUT2D eigenvalue weighted by Gasteiger charge is 2.29. The summed E-state index contributed by atoms with van der Waals surface area (Å²) in [6.07, 6.45) is 2.20. The average molecular weight is 478 g/mol. The number of amides is 1. The highest BCUT2D eigenvalue weighted by molar-refractivity contribution is 7.90. The smallest absolute Gasteiger partial charge is 0.258 e. The first-order chi connectivity index (χ1) is 15.6. The van der Waals surface area contributed by atoms with Crippen molar-refractivity contribution in [2.45, 2.75) is 56.9 Å². The molecule has 0 radical (unpaired) electrons. The number of carbonyl (C=O) groups excluding carboxylic acids is 1. The van der Waals surface area contributed by atoms with E-state index in [9.17, 15) is 17.6 Å². The molecular weight excluding hydrogens is 449 g/mol. The fourth-order valence-electron chi connectivity index (χ4n) is 4.04. The summed E-state index contributed by atoms with van der Waals surface area (Å²) in [5.41, 5.74) is 1.67. The van der Waals surface area contributed by atoms with Gasteiger partial charge in [0.2, 0.25) is 0 Å². The molecule has 33 heavy (non-hydrogen) atoms. The Bertz CT molecular complexity index is 1160. The molecule has 0 unspecified atom stereocenters. The first-order valence-corrected chi connectivity index (χ1v) is 12.9. The first kappa shape index (κ1) is 23.5. The van der Waals surface area contributed by atoms with Crippen molar-refractivity contribution >= 4 is 15.7 Å². The molecule has 1 amide bonds. The molecule has 4 rings (SSSR count). The van der Waals surface area contributed by atoms with E-state index >= 15 is 0 Å². The highest BCUT2D eigenvalue weighted by Crippen LogP contribution is 2.33. The van der Waals surface area contributed by atoms with Gasteiger partial charge in [0.25, 0.3) is 5.91 Å². The van der Waals surface area contributed by atoms with Gasteiger partial charge in [-0.3, -0.25) is 4.79 Å². The van der Waals surface area contributed by atoms with Crippen LogP contribution in [0, 0.1) is 5.82 Å². The van der Waals surface area contributed by atoms with Crippen LogP contribution in [0.15, 0.2) is 35.2 Å². The third kappa shape index (κ3) is 5.30. The van der Waals surface area contributed by atoms with E-state index < -0.39 is 15.7 Å². The Morgan fingerprint density at radius 3 is 2.39 bits per heavy atom. The molecule has 2 aromatic rings. The molecule has 0 N–H and O–H groups in total. The Morgan fingerprint density at radius 1 is 1.09 bits per heavy atom. The third-order valence-corrected chi connectivity index (χ3v) is 6.81. The van der Waals surface area contributed by atoms with Crippen molar-refractivity contribution in [3.8, 4) is 11.5 Å². The third-order valence-electron chi connectivity index (χ3n) is 5.70. The van der Waals surface area contributed by atoms with Gasteiger partial charge in [0.15, 0.2) is 21.4 Å². The minimum absolute atomic E-state index is 0.0388. The lowest BCUT2D eigenvalue weighted by Gasteiger charge is -2.23. The predicted molar refractivity (Wildman–Crippen MR) is 120 cm³/mol. The zero-order valence-corrected chi connectivity index (χ0v) is 19.8. The van der Waals surface area contributed by atoms with Crippen LogP contribution in [-0.4, -0.2) is 50.9 Å². The molecule has 2 heterocycles. The van der Waals surface area contributed by atoms with Crippen LogP contribution in [0.5, 0.6) is 11.5 Å². The average Bonchev–Trinajstić information content (AvgIpc) is 3.16. The van der Waals surface area contributed by atoms with E-state index in [2.05, 4.69) is 0 Å². The van der Waals surface area contributed by atoms with Crippen LogP contribution >= 0.6 is 0 Å².